The van der Waals surface area contributed by atoms with Crippen LogP contribution >= 0.6 is 0 Å². The van der Waals surface area contributed by atoms with Crippen LogP contribution in [0.1, 0.15) is 44.0 Å². The molecule has 1 atom stereocenters. The number of hydrogen-bond donors (Lipinski definition) is 1. The van der Waals surface area contributed by atoms with E-state index in [4.69, 9.17) is 0 Å². The molecule has 3 rings (SSSR count). The van der Waals surface area contributed by atoms with Gasteiger partial charge < -0.3 is 9.88 Å². The third-order valence-corrected chi connectivity index (χ3v) is 3.62. The molecule has 0 aliphatic carbocycles. The first kappa shape index (κ1) is 12.2. The number of fused-ring (bicyclic) bond motifs is 1. The SMILES string of the molecule is CC(C)Nc1ncccc1C1CCCc2cncn21. The van der Waals surface area contributed by atoms with Crippen molar-refractivity contribution >= 4 is 5.82 Å². The van der Waals surface area contributed by atoms with Crippen LogP contribution in [-0.2, 0) is 6.42 Å². The molecule has 0 bridgehead atoms. The topological polar surface area (TPSA) is 42.7 Å². The second-order valence-corrected chi connectivity index (χ2v) is 5.44. The molecule has 0 radical (unpaired) electrons. The van der Waals surface area contributed by atoms with E-state index in [1.165, 1.54) is 17.7 Å². The van der Waals surface area contributed by atoms with Crippen molar-refractivity contribution in [3.63, 3.8) is 0 Å². The minimum atomic E-state index is 0.362. The van der Waals surface area contributed by atoms with Crippen LogP contribution in [0.25, 0.3) is 0 Å². The number of nitrogens with one attached hydrogen (secondary N) is 1. The Labute approximate surface area is 113 Å². The molecule has 0 spiro atoms. The summed E-state index contributed by atoms with van der Waals surface area (Å²) < 4.78 is 2.30. The highest BCUT2D eigenvalue weighted by Gasteiger charge is 2.23. The molecule has 1 aliphatic heterocycles. The third-order valence-electron chi connectivity index (χ3n) is 3.62. The standard InChI is InChI=1S/C15H20N4/c1-11(2)18-15-13(6-4-8-17-15)14-7-3-5-12-9-16-10-19(12)14/h4,6,8-11,14H,3,5,7H2,1-2H3,(H,17,18). The molecular weight excluding hydrogens is 236 g/mol. The first-order valence-corrected chi connectivity index (χ1v) is 6.98. The molecule has 2 aromatic rings. The van der Waals surface area contributed by atoms with Crippen LogP contribution in [-0.4, -0.2) is 20.6 Å². The van der Waals surface area contributed by atoms with Crippen molar-refractivity contribution in [2.24, 2.45) is 0 Å². The van der Waals surface area contributed by atoms with Gasteiger partial charge >= 0.3 is 0 Å². The number of pyridine rings is 1. The van der Waals surface area contributed by atoms with Crippen LogP contribution in [0.2, 0.25) is 0 Å². The molecule has 2 aromatic heterocycles. The zero-order valence-electron chi connectivity index (χ0n) is 11.5. The van der Waals surface area contributed by atoms with Gasteiger partial charge in [-0.3, -0.25) is 0 Å². The smallest absolute Gasteiger partial charge is 0.131 e. The Bertz CT molecular complexity index is 559. The maximum atomic E-state index is 4.51. The molecule has 100 valence electrons. The molecule has 0 aromatic carbocycles. The van der Waals surface area contributed by atoms with Crippen LogP contribution in [0.3, 0.4) is 0 Å². The number of nitrogens with zero attached hydrogens (tertiary/aromatic N) is 3. The Morgan fingerprint density at radius 2 is 2.32 bits per heavy atom. The average Bonchev–Trinajstić information content (AvgIpc) is 2.87. The van der Waals surface area contributed by atoms with Crippen LogP contribution in [0.15, 0.2) is 30.9 Å². The number of imidazole rings is 1. The summed E-state index contributed by atoms with van der Waals surface area (Å²) in [6, 6.07) is 4.95. The van der Waals surface area contributed by atoms with Crippen LogP contribution in [0.4, 0.5) is 5.82 Å². The molecular formula is C15H20N4. The van der Waals surface area contributed by atoms with Gasteiger partial charge in [0.2, 0.25) is 0 Å². The number of aromatic nitrogens is 3. The lowest BCUT2D eigenvalue weighted by Crippen LogP contribution is -2.21. The Kier molecular flexibility index (Phi) is 3.23. The number of aryl methyl sites for hydroxylation is 1. The van der Waals surface area contributed by atoms with Gasteiger partial charge in [0.1, 0.15) is 5.82 Å². The van der Waals surface area contributed by atoms with E-state index < -0.39 is 0 Å². The molecule has 19 heavy (non-hydrogen) atoms. The van der Waals surface area contributed by atoms with Gasteiger partial charge in [0.15, 0.2) is 0 Å². The molecule has 0 saturated carbocycles. The van der Waals surface area contributed by atoms with E-state index in [2.05, 4.69) is 39.8 Å². The highest BCUT2D eigenvalue weighted by atomic mass is 15.1. The Hall–Kier alpha value is -1.84. The van der Waals surface area contributed by atoms with Crippen molar-refractivity contribution in [1.29, 1.82) is 0 Å². The first-order chi connectivity index (χ1) is 9.25. The summed E-state index contributed by atoms with van der Waals surface area (Å²) >= 11 is 0. The highest BCUT2D eigenvalue weighted by molar-refractivity contribution is 5.47. The lowest BCUT2D eigenvalue weighted by atomic mass is 9.96. The molecule has 0 fully saturated rings. The van der Waals surface area contributed by atoms with Crippen molar-refractivity contribution in [3.8, 4) is 0 Å². The van der Waals surface area contributed by atoms with E-state index in [0.29, 0.717) is 12.1 Å². The monoisotopic (exact) mass is 256 g/mol. The van der Waals surface area contributed by atoms with E-state index in [1.807, 2.05) is 24.8 Å². The predicted octanol–water partition coefficient (Wildman–Crippen LogP) is 3.02. The Morgan fingerprint density at radius 3 is 3.16 bits per heavy atom. The highest BCUT2D eigenvalue weighted by Crippen LogP contribution is 2.33. The molecule has 4 nitrogen and oxygen atoms in total. The summed E-state index contributed by atoms with van der Waals surface area (Å²) in [6.07, 6.45) is 9.28. The minimum Gasteiger partial charge on any atom is -0.368 e. The maximum Gasteiger partial charge on any atom is 0.131 e. The van der Waals surface area contributed by atoms with Crippen molar-refractivity contribution in [3.05, 3.63) is 42.1 Å². The third kappa shape index (κ3) is 2.35. The molecule has 1 N–H and O–H groups in total. The Morgan fingerprint density at radius 1 is 1.42 bits per heavy atom. The summed E-state index contributed by atoms with van der Waals surface area (Å²) in [4.78, 5) is 8.80. The van der Waals surface area contributed by atoms with Crippen molar-refractivity contribution in [1.82, 2.24) is 14.5 Å². The minimum absolute atomic E-state index is 0.362. The quantitative estimate of drug-likeness (QED) is 0.918. The van der Waals surface area contributed by atoms with E-state index >= 15 is 0 Å². The summed E-state index contributed by atoms with van der Waals surface area (Å²) in [5.41, 5.74) is 2.60. The van der Waals surface area contributed by atoms with Crippen LogP contribution in [0, 0.1) is 0 Å². The summed E-state index contributed by atoms with van der Waals surface area (Å²) in [5, 5.41) is 3.45. The van der Waals surface area contributed by atoms with Gasteiger partial charge in [-0.05, 0) is 39.2 Å². The van der Waals surface area contributed by atoms with Gasteiger partial charge in [0.25, 0.3) is 0 Å². The normalized spacial score (nSPS) is 18.4. The maximum absolute atomic E-state index is 4.51. The van der Waals surface area contributed by atoms with Crippen LogP contribution < -0.4 is 5.32 Å². The van der Waals surface area contributed by atoms with Crippen molar-refractivity contribution in [2.75, 3.05) is 5.32 Å². The fourth-order valence-corrected chi connectivity index (χ4v) is 2.81. The molecule has 3 heterocycles. The van der Waals surface area contributed by atoms with Gasteiger partial charge in [0, 0.05) is 29.7 Å². The molecule has 1 unspecified atom stereocenters. The fourth-order valence-electron chi connectivity index (χ4n) is 2.81. The number of anilines is 1. The second kappa shape index (κ2) is 5.03. The lowest BCUT2D eigenvalue weighted by molar-refractivity contribution is 0.457. The summed E-state index contributed by atoms with van der Waals surface area (Å²) in [7, 11) is 0. The average molecular weight is 256 g/mol. The van der Waals surface area contributed by atoms with Gasteiger partial charge in [-0.15, -0.1) is 0 Å². The van der Waals surface area contributed by atoms with Gasteiger partial charge in [-0.25, -0.2) is 9.97 Å². The summed E-state index contributed by atoms with van der Waals surface area (Å²) in [6.45, 7) is 4.28. The molecule has 0 amide bonds. The number of rotatable bonds is 3. The van der Waals surface area contributed by atoms with Gasteiger partial charge in [-0.2, -0.15) is 0 Å². The second-order valence-electron chi connectivity index (χ2n) is 5.44. The molecule has 1 aliphatic rings. The van der Waals surface area contributed by atoms with Gasteiger partial charge in [0.05, 0.1) is 12.4 Å². The van der Waals surface area contributed by atoms with E-state index in [-0.39, 0.29) is 0 Å². The largest absolute Gasteiger partial charge is 0.368 e. The molecule has 0 saturated heterocycles. The zero-order chi connectivity index (χ0) is 13.2. The summed E-state index contributed by atoms with van der Waals surface area (Å²) in [5.74, 6) is 1.00. The van der Waals surface area contributed by atoms with Crippen LogP contribution in [0.5, 0.6) is 0 Å². The van der Waals surface area contributed by atoms with E-state index in [9.17, 15) is 0 Å². The van der Waals surface area contributed by atoms with Crippen molar-refractivity contribution < 1.29 is 0 Å². The van der Waals surface area contributed by atoms with E-state index in [0.717, 1.165) is 18.7 Å². The molecule has 4 heteroatoms. The van der Waals surface area contributed by atoms with E-state index in [1.54, 1.807) is 0 Å². The fraction of sp³-hybridized carbons (Fsp3) is 0.467. The number of hydrogen-bond acceptors (Lipinski definition) is 3. The van der Waals surface area contributed by atoms with Crippen molar-refractivity contribution in [2.45, 2.75) is 45.2 Å². The Balaban J connectivity index is 2.00. The predicted molar refractivity (Wildman–Crippen MR) is 76.3 cm³/mol. The first-order valence-electron chi connectivity index (χ1n) is 6.98. The lowest BCUT2D eigenvalue weighted by Gasteiger charge is -2.27. The van der Waals surface area contributed by atoms with Gasteiger partial charge in [-0.1, -0.05) is 6.07 Å². The zero-order valence-corrected chi connectivity index (χ0v) is 11.5.